The summed E-state index contributed by atoms with van der Waals surface area (Å²) in [4.78, 5) is 4.15. The monoisotopic (exact) mass is 400 g/mol. The van der Waals surface area contributed by atoms with Crippen molar-refractivity contribution in [1.82, 2.24) is 9.55 Å². The number of rotatable bonds is 10. The zero-order valence-electron chi connectivity index (χ0n) is 15.5. The molecule has 3 rings (SSSR count). The van der Waals surface area contributed by atoms with Gasteiger partial charge in [-0.05, 0) is 73.4 Å². The number of hydrogen-bond donors (Lipinski definition) is 0. The van der Waals surface area contributed by atoms with Crippen LogP contribution in [0.25, 0.3) is 0 Å². The van der Waals surface area contributed by atoms with Gasteiger partial charge in [-0.3, -0.25) is 0 Å². The molecule has 0 saturated carbocycles. The zero-order chi connectivity index (χ0) is 18.9. The van der Waals surface area contributed by atoms with Gasteiger partial charge in [0.1, 0.15) is 0 Å². The third kappa shape index (κ3) is 7.04. The van der Waals surface area contributed by atoms with E-state index < -0.39 is 0 Å². The van der Waals surface area contributed by atoms with Gasteiger partial charge in [0.15, 0.2) is 0 Å². The fraction of sp³-hybridized carbons (Fsp3) is 0.348. The lowest BCUT2D eigenvalue weighted by Crippen LogP contribution is -2.08. The van der Waals surface area contributed by atoms with E-state index in [1.54, 1.807) is 0 Å². The molecule has 3 aromatic rings. The average molecular weight is 401 g/mol. The summed E-state index contributed by atoms with van der Waals surface area (Å²) in [7, 11) is 0. The fourth-order valence-electron chi connectivity index (χ4n) is 3.45. The molecule has 0 aliphatic carbocycles. The molecule has 0 saturated heterocycles. The second-order valence-corrected chi connectivity index (χ2v) is 8.01. The van der Waals surface area contributed by atoms with Crippen molar-refractivity contribution in [3.05, 3.63) is 88.4 Å². The van der Waals surface area contributed by atoms with Crippen LogP contribution in [0.5, 0.6) is 0 Å². The van der Waals surface area contributed by atoms with Crippen LogP contribution in [0, 0.1) is 5.92 Å². The fourth-order valence-corrected chi connectivity index (χ4v) is 3.70. The Bertz CT molecular complexity index is 780. The maximum absolute atomic E-state index is 6.00. The molecule has 1 heterocycles. The molecule has 0 radical (unpaired) electrons. The molecule has 2 aromatic carbocycles. The van der Waals surface area contributed by atoms with E-state index >= 15 is 0 Å². The van der Waals surface area contributed by atoms with E-state index in [0.717, 1.165) is 29.4 Å². The Morgan fingerprint density at radius 3 is 2.00 bits per heavy atom. The average Bonchev–Trinajstić information content (AvgIpc) is 3.20. The molecule has 0 amide bonds. The van der Waals surface area contributed by atoms with Gasteiger partial charge in [0.25, 0.3) is 0 Å². The SMILES string of the molecule is Clc1ccc(CCCC(CCc2ccc(Cl)cc2)CCn2ccnc2)cc1. The van der Waals surface area contributed by atoms with Crippen LogP contribution in [0.1, 0.15) is 36.8 Å². The highest BCUT2D eigenvalue weighted by molar-refractivity contribution is 6.30. The number of aromatic nitrogens is 2. The molecule has 1 atom stereocenters. The van der Waals surface area contributed by atoms with E-state index in [4.69, 9.17) is 23.2 Å². The van der Waals surface area contributed by atoms with Crippen LogP contribution in [0.15, 0.2) is 67.3 Å². The molecule has 142 valence electrons. The second kappa shape index (κ2) is 10.5. The summed E-state index contributed by atoms with van der Waals surface area (Å²) < 4.78 is 2.18. The molecule has 1 aromatic heterocycles. The summed E-state index contributed by atoms with van der Waals surface area (Å²) in [5.74, 6) is 0.704. The molecule has 2 nitrogen and oxygen atoms in total. The van der Waals surface area contributed by atoms with Gasteiger partial charge in [0.2, 0.25) is 0 Å². The van der Waals surface area contributed by atoms with Crippen molar-refractivity contribution in [2.24, 2.45) is 5.92 Å². The first kappa shape index (κ1) is 20.0. The molecular weight excluding hydrogens is 375 g/mol. The van der Waals surface area contributed by atoms with E-state index in [1.165, 1.54) is 36.8 Å². The first-order valence-corrected chi connectivity index (χ1v) is 10.4. The van der Waals surface area contributed by atoms with E-state index in [-0.39, 0.29) is 0 Å². The summed E-state index contributed by atoms with van der Waals surface area (Å²) in [6.07, 6.45) is 12.9. The largest absolute Gasteiger partial charge is 0.337 e. The Labute approximate surface area is 172 Å². The zero-order valence-corrected chi connectivity index (χ0v) is 17.0. The predicted octanol–water partition coefficient (Wildman–Crippen LogP) is 6.85. The highest BCUT2D eigenvalue weighted by Crippen LogP contribution is 2.22. The summed E-state index contributed by atoms with van der Waals surface area (Å²) in [5, 5.41) is 1.61. The Hall–Kier alpha value is -1.77. The number of benzene rings is 2. The Morgan fingerprint density at radius 1 is 0.778 bits per heavy atom. The molecule has 0 bridgehead atoms. The highest BCUT2D eigenvalue weighted by Gasteiger charge is 2.10. The quantitative estimate of drug-likeness (QED) is 0.363. The second-order valence-electron chi connectivity index (χ2n) is 7.14. The third-order valence-corrected chi connectivity index (χ3v) is 5.60. The molecule has 27 heavy (non-hydrogen) atoms. The first-order chi connectivity index (χ1) is 13.2. The van der Waals surface area contributed by atoms with Gasteiger partial charge in [-0.15, -0.1) is 0 Å². The molecule has 0 aliphatic heterocycles. The molecule has 0 aliphatic rings. The summed E-state index contributed by atoms with van der Waals surface area (Å²) in [5.41, 5.74) is 2.73. The Balaban J connectivity index is 1.51. The van der Waals surface area contributed by atoms with Gasteiger partial charge in [-0.1, -0.05) is 53.9 Å². The lowest BCUT2D eigenvalue weighted by Gasteiger charge is -2.17. The van der Waals surface area contributed by atoms with Crippen LogP contribution in [-0.4, -0.2) is 9.55 Å². The number of nitrogens with zero attached hydrogens (tertiary/aromatic N) is 2. The van der Waals surface area contributed by atoms with Gasteiger partial charge in [0, 0.05) is 29.0 Å². The lowest BCUT2D eigenvalue weighted by atomic mass is 9.90. The van der Waals surface area contributed by atoms with Crippen molar-refractivity contribution in [1.29, 1.82) is 0 Å². The van der Waals surface area contributed by atoms with Gasteiger partial charge in [-0.25, -0.2) is 4.98 Å². The number of hydrogen-bond acceptors (Lipinski definition) is 1. The smallest absolute Gasteiger partial charge is 0.0945 e. The third-order valence-electron chi connectivity index (χ3n) is 5.10. The minimum Gasteiger partial charge on any atom is -0.337 e. The van der Waals surface area contributed by atoms with Crippen molar-refractivity contribution in [2.75, 3.05) is 0 Å². The number of halogens is 2. The standard InChI is InChI=1S/C23H26Cl2N2/c24-22-10-6-19(7-11-22)2-1-3-20(14-16-27-17-15-26-18-27)4-5-21-8-12-23(25)13-9-21/h6-13,15,17-18,20H,1-5,14,16H2. The summed E-state index contributed by atoms with van der Waals surface area (Å²) in [6.45, 7) is 1.03. The first-order valence-electron chi connectivity index (χ1n) is 9.63. The van der Waals surface area contributed by atoms with Crippen molar-refractivity contribution < 1.29 is 0 Å². The maximum atomic E-state index is 6.00. The van der Waals surface area contributed by atoms with Crippen molar-refractivity contribution >= 4 is 23.2 Å². The summed E-state index contributed by atoms with van der Waals surface area (Å²) >= 11 is 12.0. The molecule has 0 N–H and O–H groups in total. The van der Waals surface area contributed by atoms with Crippen molar-refractivity contribution in [2.45, 2.75) is 45.1 Å². The van der Waals surface area contributed by atoms with Gasteiger partial charge in [0.05, 0.1) is 6.33 Å². The molecule has 4 heteroatoms. The van der Waals surface area contributed by atoms with E-state index in [1.807, 2.05) is 43.0 Å². The normalized spacial score (nSPS) is 12.2. The van der Waals surface area contributed by atoms with Crippen LogP contribution in [0.2, 0.25) is 10.0 Å². The molecular formula is C23H26Cl2N2. The van der Waals surface area contributed by atoms with E-state index in [2.05, 4.69) is 33.8 Å². The minimum atomic E-state index is 0.704. The lowest BCUT2D eigenvalue weighted by molar-refractivity contribution is 0.383. The van der Waals surface area contributed by atoms with Crippen LogP contribution in [-0.2, 0) is 19.4 Å². The summed E-state index contributed by atoms with van der Waals surface area (Å²) in [6, 6.07) is 16.5. The minimum absolute atomic E-state index is 0.704. The van der Waals surface area contributed by atoms with Crippen LogP contribution >= 0.6 is 23.2 Å². The van der Waals surface area contributed by atoms with Crippen LogP contribution in [0.4, 0.5) is 0 Å². The Kier molecular flexibility index (Phi) is 7.79. The Morgan fingerprint density at radius 2 is 1.41 bits per heavy atom. The van der Waals surface area contributed by atoms with Crippen LogP contribution in [0.3, 0.4) is 0 Å². The molecule has 1 unspecified atom stereocenters. The van der Waals surface area contributed by atoms with Crippen molar-refractivity contribution in [3.8, 4) is 0 Å². The van der Waals surface area contributed by atoms with E-state index in [0.29, 0.717) is 5.92 Å². The van der Waals surface area contributed by atoms with Gasteiger partial charge < -0.3 is 4.57 Å². The highest BCUT2D eigenvalue weighted by atomic mass is 35.5. The van der Waals surface area contributed by atoms with Gasteiger partial charge in [-0.2, -0.15) is 0 Å². The predicted molar refractivity (Wildman–Crippen MR) is 114 cm³/mol. The van der Waals surface area contributed by atoms with Crippen LogP contribution < -0.4 is 0 Å². The molecule has 0 fully saturated rings. The van der Waals surface area contributed by atoms with Gasteiger partial charge >= 0.3 is 0 Å². The van der Waals surface area contributed by atoms with Crippen molar-refractivity contribution in [3.63, 3.8) is 0 Å². The number of imidazole rings is 1. The topological polar surface area (TPSA) is 17.8 Å². The maximum Gasteiger partial charge on any atom is 0.0945 e. The molecule has 0 spiro atoms. The number of aryl methyl sites for hydroxylation is 3. The van der Waals surface area contributed by atoms with E-state index in [9.17, 15) is 0 Å².